The number of rotatable bonds is 4. The Hall–Kier alpha value is -1.95. The summed E-state index contributed by atoms with van der Waals surface area (Å²) in [4.78, 5) is 22.7. The quantitative estimate of drug-likeness (QED) is 0.653. The van der Waals surface area contributed by atoms with Crippen molar-refractivity contribution in [2.75, 3.05) is 6.54 Å². The van der Waals surface area contributed by atoms with E-state index < -0.39 is 16.4 Å². The summed E-state index contributed by atoms with van der Waals surface area (Å²) in [5, 5.41) is 24.3. The van der Waals surface area contributed by atoms with Gasteiger partial charge < -0.3 is 10.4 Å². The van der Waals surface area contributed by atoms with E-state index in [4.69, 9.17) is 0 Å². The first kappa shape index (κ1) is 18.4. The minimum absolute atomic E-state index is 0.0227. The third-order valence-electron chi connectivity index (χ3n) is 5.06. The fourth-order valence-corrected chi connectivity index (χ4v) is 3.36. The molecule has 6 heteroatoms. The number of nitrogens with zero attached hydrogens (tertiary/aromatic N) is 1. The molecule has 0 unspecified atom stereocenters. The van der Waals surface area contributed by atoms with Gasteiger partial charge in [0.15, 0.2) is 0 Å². The van der Waals surface area contributed by atoms with Crippen LogP contribution < -0.4 is 5.32 Å². The molecule has 0 atom stereocenters. The molecule has 24 heavy (non-hydrogen) atoms. The average Bonchev–Trinajstić information content (AvgIpc) is 2.52. The van der Waals surface area contributed by atoms with Crippen LogP contribution in [-0.2, 0) is 0 Å². The summed E-state index contributed by atoms with van der Waals surface area (Å²) in [7, 11) is 0. The van der Waals surface area contributed by atoms with Crippen LogP contribution >= 0.6 is 0 Å². The fourth-order valence-electron chi connectivity index (χ4n) is 3.36. The summed E-state index contributed by atoms with van der Waals surface area (Å²) in [6.45, 7) is 6.74. The zero-order valence-corrected chi connectivity index (χ0v) is 14.5. The number of para-hydroxylation sites is 1. The Balaban J connectivity index is 1.97. The summed E-state index contributed by atoms with van der Waals surface area (Å²) in [5.74, 6) is 0.0392. The Kier molecular flexibility index (Phi) is 5.28. The van der Waals surface area contributed by atoms with Gasteiger partial charge in [-0.1, -0.05) is 32.9 Å². The molecule has 0 bridgehead atoms. The smallest absolute Gasteiger partial charge is 0.282 e. The van der Waals surface area contributed by atoms with Gasteiger partial charge in [0.05, 0.1) is 10.5 Å². The topological polar surface area (TPSA) is 92.5 Å². The predicted octanol–water partition coefficient (Wildman–Crippen LogP) is 3.29. The normalized spacial score (nSPS) is 24.4. The molecule has 1 amide bonds. The van der Waals surface area contributed by atoms with Crippen LogP contribution in [-0.4, -0.2) is 28.1 Å². The predicted molar refractivity (Wildman–Crippen MR) is 91.8 cm³/mol. The highest BCUT2D eigenvalue weighted by Gasteiger charge is 2.37. The lowest BCUT2D eigenvalue weighted by molar-refractivity contribution is -0.385. The van der Waals surface area contributed by atoms with Crippen molar-refractivity contribution in [2.24, 2.45) is 11.3 Å². The maximum absolute atomic E-state index is 12.3. The van der Waals surface area contributed by atoms with Crippen LogP contribution in [0.15, 0.2) is 24.3 Å². The van der Waals surface area contributed by atoms with Gasteiger partial charge in [0.2, 0.25) is 0 Å². The molecular weight excluding hydrogens is 308 g/mol. The lowest BCUT2D eigenvalue weighted by Crippen LogP contribution is -2.46. The number of benzene rings is 1. The fraction of sp³-hybridized carbons (Fsp3) is 0.611. The van der Waals surface area contributed by atoms with Crippen molar-refractivity contribution in [3.05, 3.63) is 39.9 Å². The molecule has 2 rings (SSSR count). The van der Waals surface area contributed by atoms with Gasteiger partial charge in [-0.2, -0.15) is 0 Å². The van der Waals surface area contributed by atoms with Crippen molar-refractivity contribution in [3.8, 4) is 0 Å². The Bertz CT molecular complexity index is 614. The van der Waals surface area contributed by atoms with Crippen molar-refractivity contribution in [1.29, 1.82) is 0 Å². The second-order valence-electron chi connectivity index (χ2n) is 7.82. The highest BCUT2D eigenvalue weighted by molar-refractivity contribution is 5.98. The molecule has 132 valence electrons. The van der Waals surface area contributed by atoms with Crippen LogP contribution in [0.3, 0.4) is 0 Å². The number of aliphatic hydroxyl groups is 1. The van der Waals surface area contributed by atoms with Gasteiger partial charge in [0.1, 0.15) is 5.56 Å². The van der Waals surface area contributed by atoms with E-state index in [9.17, 15) is 20.0 Å². The van der Waals surface area contributed by atoms with E-state index in [0.717, 1.165) is 12.8 Å². The Morgan fingerprint density at radius 1 is 1.33 bits per heavy atom. The molecule has 6 nitrogen and oxygen atoms in total. The molecule has 0 aromatic heterocycles. The standard InChI is InChI=1S/C18H26N2O4/c1-17(2,3)13-8-10-18(22,11-9-13)12-19-16(21)14-6-4-5-7-15(14)20(23)24/h4-7,13,22H,8-12H2,1-3H3,(H,19,21). The minimum Gasteiger partial charge on any atom is -0.388 e. The number of nitro groups is 1. The molecule has 0 radical (unpaired) electrons. The average molecular weight is 334 g/mol. The van der Waals surface area contributed by atoms with Crippen LogP contribution in [0.4, 0.5) is 5.69 Å². The summed E-state index contributed by atoms with van der Waals surface area (Å²) in [6.07, 6.45) is 3.10. The van der Waals surface area contributed by atoms with Gasteiger partial charge in [-0.25, -0.2) is 0 Å². The van der Waals surface area contributed by atoms with Crippen molar-refractivity contribution in [3.63, 3.8) is 0 Å². The van der Waals surface area contributed by atoms with Gasteiger partial charge >= 0.3 is 0 Å². The molecule has 0 heterocycles. The van der Waals surface area contributed by atoms with Crippen LogP contribution in [0.25, 0.3) is 0 Å². The molecular formula is C18H26N2O4. The van der Waals surface area contributed by atoms with Gasteiger partial charge in [0.25, 0.3) is 11.6 Å². The number of hydrogen-bond acceptors (Lipinski definition) is 4. The summed E-state index contributed by atoms with van der Waals surface area (Å²) >= 11 is 0. The molecule has 0 aliphatic heterocycles. The first-order chi connectivity index (χ1) is 11.1. The van der Waals surface area contributed by atoms with Crippen LogP contribution in [0.5, 0.6) is 0 Å². The van der Waals surface area contributed by atoms with Gasteiger partial charge in [0, 0.05) is 12.6 Å². The van der Waals surface area contributed by atoms with E-state index in [1.165, 1.54) is 18.2 Å². The number of nitrogens with one attached hydrogen (secondary N) is 1. The Morgan fingerprint density at radius 2 is 1.92 bits per heavy atom. The van der Waals surface area contributed by atoms with E-state index in [-0.39, 0.29) is 23.2 Å². The maximum Gasteiger partial charge on any atom is 0.282 e. The highest BCUT2D eigenvalue weighted by atomic mass is 16.6. The van der Waals surface area contributed by atoms with Crippen LogP contribution in [0.1, 0.15) is 56.8 Å². The second-order valence-corrected chi connectivity index (χ2v) is 7.82. The monoisotopic (exact) mass is 334 g/mol. The summed E-state index contributed by atoms with van der Waals surface area (Å²) in [6, 6.07) is 5.84. The minimum atomic E-state index is -0.930. The molecule has 0 spiro atoms. The van der Waals surface area contributed by atoms with Gasteiger partial charge in [-0.15, -0.1) is 0 Å². The number of nitro benzene ring substituents is 1. The SMILES string of the molecule is CC(C)(C)C1CCC(O)(CNC(=O)c2ccccc2[N+](=O)[O-])CC1. The number of carbonyl (C=O) groups excluding carboxylic acids is 1. The third kappa shape index (κ3) is 4.32. The molecule has 2 N–H and O–H groups in total. The lowest BCUT2D eigenvalue weighted by atomic mass is 9.68. The van der Waals surface area contributed by atoms with E-state index in [1.54, 1.807) is 6.07 Å². The molecule has 1 aromatic carbocycles. The van der Waals surface area contributed by atoms with Crippen LogP contribution in [0, 0.1) is 21.4 Å². The van der Waals surface area contributed by atoms with Gasteiger partial charge in [-0.05, 0) is 43.1 Å². The maximum atomic E-state index is 12.3. The molecule has 1 fully saturated rings. The molecule has 1 aliphatic rings. The Labute approximate surface area is 142 Å². The van der Waals surface area contributed by atoms with Crippen molar-refractivity contribution in [2.45, 2.75) is 52.1 Å². The molecule has 1 aromatic rings. The summed E-state index contributed by atoms with van der Waals surface area (Å²) < 4.78 is 0. The van der Waals surface area contributed by atoms with Crippen molar-refractivity contribution >= 4 is 11.6 Å². The first-order valence-corrected chi connectivity index (χ1v) is 8.36. The van der Waals surface area contributed by atoms with E-state index in [1.807, 2.05) is 0 Å². The van der Waals surface area contributed by atoms with E-state index >= 15 is 0 Å². The summed E-state index contributed by atoms with van der Waals surface area (Å²) in [5.41, 5.74) is -0.913. The Morgan fingerprint density at radius 3 is 2.46 bits per heavy atom. The highest BCUT2D eigenvalue weighted by Crippen LogP contribution is 2.41. The van der Waals surface area contributed by atoms with Gasteiger partial charge in [-0.3, -0.25) is 14.9 Å². The molecule has 0 saturated heterocycles. The first-order valence-electron chi connectivity index (χ1n) is 8.36. The number of hydrogen-bond donors (Lipinski definition) is 2. The zero-order chi connectivity index (χ0) is 18.0. The van der Waals surface area contributed by atoms with Crippen LogP contribution in [0.2, 0.25) is 0 Å². The lowest BCUT2D eigenvalue weighted by Gasteiger charge is -2.41. The van der Waals surface area contributed by atoms with Crippen molar-refractivity contribution in [1.82, 2.24) is 5.32 Å². The van der Waals surface area contributed by atoms with E-state index in [0.29, 0.717) is 18.8 Å². The molecule has 1 aliphatic carbocycles. The second kappa shape index (κ2) is 6.89. The number of carbonyl (C=O) groups is 1. The number of amides is 1. The zero-order valence-electron chi connectivity index (χ0n) is 14.5. The van der Waals surface area contributed by atoms with E-state index in [2.05, 4.69) is 26.1 Å². The largest absolute Gasteiger partial charge is 0.388 e. The third-order valence-corrected chi connectivity index (χ3v) is 5.06. The molecule has 1 saturated carbocycles. The van der Waals surface area contributed by atoms with Crippen molar-refractivity contribution < 1.29 is 14.8 Å².